The van der Waals surface area contributed by atoms with Gasteiger partial charge < -0.3 is 15.5 Å². The van der Waals surface area contributed by atoms with Gasteiger partial charge in [0.25, 0.3) is 0 Å². The van der Waals surface area contributed by atoms with Crippen molar-refractivity contribution in [1.29, 1.82) is 0 Å². The van der Waals surface area contributed by atoms with Crippen LogP contribution in [-0.2, 0) is 0 Å². The molecule has 1 aromatic heterocycles. The van der Waals surface area contributed by atoms with Crippen molar-refractivity contribution in [2.45, 2.75) is 6.04 Å². The van der Waals surface area contributed by atoms with Crippen LogP contribution in [0.1, 0.15) is 0 Å². The second-order valence-electron chi connectivity index (χ2n) is 3.91. The van der Waals surface area contributed by atoms with Crippen molar-refractivity contribution in [3.8, 4) is 0 Å². The lowest BCUT2D eigenvalue weighted by Crippen LogP contribution is -2.55. The number of likely N-dealkylation sites (N-methyl/N-ethyl adjacent to an activating group) is 1. The Kier molecular flexibility index (Phi) is 3.13. The van der Waals surface area contributed by atoms with Crippen molar-refractivity contribution >= 4 is 5.82 Å². The van der Waals surface area contributed by atoms with Crippen molar-refractivity contribution in [3.63, 3.8) is 0 Å². The highest BCUT2D eigenvalue weighted by atomic mass is 15.3. The average molecular weight is 207 g/mol. The number of aromatic nitrogens is 2. The SMILES string of the molecule is CN1CCN(c2cnccn2)C(CN)C1. The molecular weight excluding hydrogens is 190 g/mol. The van der Waals surface area contributed by atoms with Crippen molar-refractivity contribution in [2.75, 3.05) is 38.1 Å². The summed E-state index contributed by atoms with van der Waals surface area (Å²) in [5, 5.41) is 0. The van der Waals surface area contributed by atoms with E-state index in [4.69, 9.17) is 5.73 Å². The van der Waals surface area contributed by atoms with Gasteiger partial charge in [0.05, 0.1) is 12.2 Å². The van der Waals surface area contributed by atoms with Crippen LogP contribution in [0.2, 0.25) is 0 Å². The minimum absolute atomic E-state index is 0.348. The maximum Gasteiger partial charge on any atom is 0.147 e. The van der Waals surface area contributed by atoms with Crippen molar-refractivity contribution in [3.05, 3.63) is 18.6 Å². The van der Waals surface area contributed by atoms with E-state index in [1.165, 1.54) is 0 Å². The van der Waals surface area contributed by atoms with Gasteiger partial charge in [0.15, 0.2) is 0 Å². The molecule has 1 aliphatic heterocycles. The number of anilines is 1. The van der Waals surface area contributed by atoms with E-state index in [0.717, 1.165) is 25.5 Å². The summed E-state index contributed by atoms with van der Waals surface area (Å²) in [5.41, 5.74) is 5.78. The van der Waals surface area contributed by atoms with Gasteiger partial charge in [-0.05, 0) is 7.05 Å². The zero-order chi connectivity index (χ0) is 10.7. The lowest BCUT2D eigenvalue weighted by molar-refractivity contribution is 0.268. The molecule has 0 saturated carbocycles. The monoisotopic (exact) mass is 207 g/mol. The maximum absolute atomic E-state index is 5.78. The molecule has 0 spiro atoms. The predicted octanol–water partition coefficient (Wildman–Crippen LogP) is -0.444. The van der Waals surface area contributed by atoms with Gasteiger partial charge in [-0.2, -0.15) is 0 Å². The van der Waals surface area contributed by atoms with Crippen LogP contribution in [0.4, 0.5) is 5.82 Å². The molecule has 1 saturated heterocycles. The molecule has 0 bridgehead atoms. The topological polar surface area (TPSA) is 58.3 Å². The van der Waals surface area contributed by atoms with Crippen LogP contribution < -0.4 is 10.6 Å². The Labute approximate surface area is 89.9 Å². The van der Waals surface area contributed by atoms with E-state index in [1.807, 2.05) is 0 Å². The molecule has 1 atom stereocenters. The molecule has 1 unspecified atom stereocenters. The van der Waals surface area contributed by atoms with E-state index in [9.17, 15) is 0 Å². The molecule has 0 amide bonds. The molecule has 0 radical (unpaired) electrons. The third kappa shape index (κ3) is 2.24. The molecule has 0 aliphatic carbocycles. The van der Waals surface area contributed by atoms with Gasteiger partial charge in [-0.3, -0.25) is 4.98 Å². The number of nitrogens with two attached hydrogens (primary N) is 1. The van der Waals surface area contributed by atoms with E-state index >= 15 is 0 Å². The molecule has 15 heavy (non-hydrogen) atoms. The van der Waals surface area contributed by atoms with Crippen LogP contribution in [0.15, 0.2) is 18.6 Å². The second kappa shape index (κ2) is 4.55. The second-order valence-corrected chi connectivity index (χ2v) is 3.91. The van der Waals surface area contributed by atoms with Crippen molar-refractivity contribution in [2.24, 2.45) is 5.73 Å². The molecule has 1 aliphatic rings. The summed E-state index contributed by atoms with van der Waals surface area (Å²) in [6, 6.07) is 0.348. The molecule has 1 aromatic rings. The van der Waals surface area contributed by atoms with Gasteiger partial charge in [-0.15, -0.1) is 0 Å². The van der Waals surface area contributed by atoms with Gasteiger partial charge in [-0.1, -0.05) is 0 Å². The summed E-state index contributed by atoms with van der Waals surface area (Å²) >= 11 is 0. The normalized spacial score (nSPS) is 23.1. The van der Waals surface area contributed by atoms with Crippen molar-refractivity contribution in [1.82, 2.24) is 14.9 Å². The summed E-state index contributed by atoms with van der Waals surface area (Å²) in [6.07, 6.45) is 5.21. The summed E-state index contributed by atoms with van der Waals surface area (Å²) in [6.45, 7) is 3.66. The van der Waals surface area contributed by atoms with Crippen LogP contribution in [-0.4, -0.2) is 54.1 Å². The van der Waals surface area contributed by atoms with Gasteiger partial charge in [-0.25, -0.2) is 4.98 Å². The van der Waals surface area contributed by atoms with Crippen LogP contribution in [0.3, 0.4) is 0 Å². The quantitative estimate of drug-likeness (QED) is 0.712. The van der Waals surface area contributed by atoms with Gasteiger partial charge in [0.1, 0.15) is 5.82 Å². The molecule has 2 N–H and O–H groups in total. The van der Waals surface area contributed by atoms with Gasteiger partial charge >= 0.3 is 0 Å². The van der Waals surface area contributed by atoms with Gasteiger partial charge in [0, 0.05) is 38.6 Å². The third-order valence-electron chi connectivity index (χ3n) is 2.80. The lowest BCUT2D eigenvalue weighted by atomic mass is 10.2. The maximum atomic E-state index is 5.78. The summed E-state index contributed by atoms with van der Waals surface area (Å²) in [4.78, 5) is 12.9. The molecule has 82 valence electrons. The molecule has 2 heterocycles. The van der Waals surface area contributed by atoms with E-state index in [0.29, 0.717) is 12.6 Å². The first-order valence-corrected chi connectivity index (χ1v) is 5.22. The molecule has 0 aromatic carbocycles. The highest BCUT2D eigenvalue weighted by molar-refractivity contribution is 5.37. The first-order chi connectivity index (χ1) is 7.31. The molecule has 1 fully saturated rings. The molecule has 2 rings (SSSR count). The average Bonchev–Trinajstić information content (AvgIpc) is 2.30. The Balaban J connectivity index is 2.14. The Morgan fingerprint density at radius 2 is 2.33 bits per heavy atom. The van der Waals surface area contributed by atoms with E-state index in [1.54, 1.807) is 18.6 Å². The molecular formula is C10H17N5. The smallest absolute Gasteiger partial charge is 0.147 e. The number of hydrogen-bond acceptors (Lipinski definition) is 5. The number of hydrogen-bond donors (Lipinski definition) is 1. The third-order valence-corrected chi connectivity index (χ3v) is 2.80. The zero-order valence-corrected chi connectivity index (χ0v) is 9.00. The fourth-order valence-electron chi connectivity index (χ4n) is 1.95. The highest BCUT2D eigenvalue weighted by Crippen LogP contribution is 2.15. The summed E-state index contributed by atoms with van der Waals surface area (Å²) in [7, 11) is 2.12. The van der Waals surface area contributed by atoms with Crippen molar-refractivity contribution < 1.29 is 0 Å². The van der Waals surface area contributed by atoms with Crippen LogP contribution in [0, 0.1) is 0 Å². The fraction of sp³-hybridized carbons (Fsp3) is 0.600. The Morgan fingerprint density at radius 1 is 1.47 bits per heavy atom. The lowest BCUT2D eigenvalue weighted by Gasteiger charge is -2.40. The Bertz CT molecular complexity index is 302. The highest BCUT2D eigenvalue weighted by Gasteiger charge is 2.24. The summed E-state index contributed by atoms with van der Waals surface area (Å²) in [5.74, 6) is 0.932. The summed E-state index contributed by atoms with van der Waals surface area (Å²) < 4.78 is 0. The largest absolute Gasteiger partial charge is 0.349 e. The standard InChI is InChI=1S/C10H17N5/c1-14-4-5-15(9(6-11)8-14)10-7-12-2-3-13-10/h2-3,7,9H,4-6,8,11H2,1H3. The van der Waals surface area contributed by atoms with Crippen LogP contribution >= 0.6 is 0 Å². The minimum atomic E-state index is 0.348. The molecule has 5 heteroatoms. The first kappa shape index (κ1) is 10.3. The minimum Gasteiger partial charge on any atom is -0.349 e. The predicted molar refractivity (Wildman–Crippen MR) is 59.7 cm³/mol. The fourth-order valence-corrected chi connectivity index (χ4v) is 1.95. The zero-order valence-electron chi connectivity index (χ0n) is 9.00. The van der Waals surface area contributed by atoms with Crippen LogP contribution in [0.25, 0.3) is 0 Å². The number of piperazine rings is 1. The number of nitrogens with zero attached hydrogens (tertiary/aromatic N) is 4. The molecule has 5 nitrogen and oxygen atoms in total. The van der Waals surface area contributed by atoms with E-state index < -0.39 is 0 Å². The Hall–Kier alpha value is -1.20. The first-order valence-electron chi connectivity index (χ1n) is 5.22. The van der Waals surface area contributed by atoms with Crippen LogP contribution in [0.5, 0.6) is 0 Å². The Morgan fingerprint density at radius 3 is 3.00 bits per heavy atom. The van der Waals surface area contributed by atoms with E-state index in [2.05, 4.69) is 26.8 Å². The van der Waals surface area contributed by atoms with E-state index in [-0.39, 0.29) is 0 Å². The number of rotatable bonds is 2. The van der Waals surface area contributed by atoms with Gasteiger partial charge in [0.2, 0.25) is 0 Å².